The Labute approximate surface area is 245 Å². The highest BCUT2D eigenvalue weighted by Gasteiger charge is 2.76. The normalized spacial score (nSPS) is 28.2. The lowest BCUT2D eigenvalue weighted by Crippen LogP contribution is -2.57. The Morgan fingerprint density at radius 1 is 1.20 bits per heavy atom. The van der Waals surface area contributed by atoms with Crippen molar-refractivity contribution in [2.75, 3.05) is 32.8 Å². The predicted octanol–water partition coefficient (Wildman–Crippen LogP) is 2.55. The molecule has 0 radical (unpaired) electrons. The SMILES string of the molecule is C=CCN(Cn1nnc2ccccc21)C(=O)C1N(CCCO)C(=O)[C@@H]2[C@@H](C(=O)N(CC=C)CCC)[C@H]3CC(C)C12S3. The topological polar surface area (TPSA) is 112 Å². The Morgan fingerprint density at radius 3 is 2.63 bits per heavy atom. The first-order chi connectivity index (χ1) is 19.8. The summed E-state index contributed by atoms with van der Waals surface area (Å²) in [5.74, 6) is -1.40. The van der Waals surface area contributed by atoms with E-state index in [2.05, 4.69) is 30.4 Å². The van der Waals surface area contributed by atoms with Gasteiger partial charge in [-0.2, -0.15) is 0 Å². The molecule has 3 amide bonds. The standard InChI is InChI=1S/C30H40N6O4S/c1-5-13-33(14-6-2)27(38)24-23-18-20(4)30(41-23)25(24)28(39)35(16-10-17-37)26(30)29(40)34(15-7-3)19-36-22-12-9-8-11-21(22)31-32-36/h5,7-9,11-12,20,23-26,37H,1,3,6,10,13-19H2,2,4H3/t20?,23-,24+,25+,26?,30?/m1/s1. The van der Waals surface area contributed by atoms with Gasteiger partial charge >= 0.3 is 0 Å². The number of aliphatic hydroxyl groups excluding tert-OH is 1. The summed E-state index contributed by atoms with van der Waals surface area (Å²) in [5, 5.41) is 18.2. The van der Waals surface area contributed by atoms with Crippen LogP contribution in [-0.2, 0) is 21.1 Å². The monoisotopic (exact) mass is 580 g/mol. The number of rotatable bonds is 13. The fourth-order valence-electron chi connectivity index (χ4n) is 7.22. The van der Waals surface area contributed by atoms with Gasteiger partial charge in [0.1, 0.15) is 18.2 Å². The number of carbonyl (C=O) groups excluding carboxylic acids is 3. The van der Waals surface area contributed by atoms with Crippen LogP contribution in [0.2, 0.25) is 0 Å². The summed E-state index contributed by atoms with van der Waals surface area (Å²) in [7, 11) is 0. The first-order valence-corrected chi connectivity index (χ1v) is 15.4. The first kappa shape index (κ1) is 29.3. The number of hydrogen-bond acceptors (Lipinski definition) is 7. The van der Waals surface area contributed by atoms with Crippen molar-refractivity contribution in [2.45, 2.75) is 55.8 Å². The van der Waals surface area contributed by atoms with Crippen molar-refractivity contribution in [1.29, 1.82) is 0 Å². The molecular formula is C30H40N6O4S. The molecule has 1 spiro atoms. The Balaban J connectivity index is 1.53. The Hall–Kier alpha value is -3.18. The van der Waals surface area contributed by atoms with Gasteiger partial charge in [0.15, 0.2) is 0 Å². The smallest absolute Gasteiger partial charge is 0.248 e. The van der Waals surface area contributed by atoms with E-state index in [9.17, 15) is 19.5 Å². The Kier molecular flexibility index (Phi) is 8.56. The molecule has 2 bridgehead atoms. The maximum atomic E-state index is 14.6. The molecule has 11 heteroatoms. The molecule has 0 saturated carbocycles. The predicted molar refractivity (Wildman–Crippen MR) is 159 cm³/mol. The molecule has 4 heterocycles. The van der Waals surface area contributed by atoms with Crippen LogP contribution in [-0.4, -0.2) is 101 Å². The van der Waals surface area contributed by atoms with Crippen molar-refractivity contribution >= 4 is 40.5 Å². The van der Waals surface area contributed by atoms with Gasteiger partial charge in [-0.05, 0) is 37.3 Å². The minimum atomic E-state index is -0.761. The van der Waals surface area contributed by atoms with Crippen molar-refractivity contribution in [3.05, 3.63) is 49.6 Å². The third-order valence-corrected chi connectivity index (χ3v) is 10.9. The second-order valence-corrected chi connectivity index (χ2v) is 12.9. The van der Waals surface area contributed by atoms with Gasteiger partial charge in [-0.3, -0.25) is 14.4 Å². The molecule has 1 aromatic carbocycles. The third-order valence-electron chi connectivity index (χ3n) is 8.86. The highest BCUT2D eigenvalue weighted by atomic mass is 32.2. The number of benzene rings is 1. The Bertz CT molecular complexity index is 1330. The molecule has 3 saturated heterocycles. The summed E-state index contributed by atoms with van der Waals surface area (Å²) in [6, 6.07) is 6.81. The van der Waals surface area contributed by atoms with Gasteiger partial charge < -0.3 is 19.8 Å². The summed E-state index contributed by atoms with van der Waals surface area (Å²) >= 11 is 1.66. The van der Waals surface area contributed by atoms with E-state index in [1.54, 1.807) is 43.3 Å². The van der Waals surface area contributed by atoms with Crippen LogP contribution in [0.4, 0.5) is 0 Å². The summed E-state index contributed by atoms with van der Waals surface area (Å²) < 4.78 is 0.957. The molecule has 0 aliphatic carbocycles. The van der Waals surface area contributed by atoms with Gasteiger partial charge in [0.05, 0.1) is 22.1 Å². The molecule has 3 unspecified atom stereocenters. The maximum absolute atomic E-state index is 14.6. The second-order valence-electron chi connectivity index (χ2n) is 11.3. The second kappa shape index (κ2) is 12.0. The number of nitrogens with zero attached hydrogens (tertiary/aromatic N) is 6. The van der Waals surface area contributed by atoms with E-state index < -0.39 is 22.6 Å². The fourth-order valence-corrected chi connectivity index (χ4v) is 9.63. The number of thioether (sulfide) groups is 1. The molecule has 1 aromatic heterocycles. The lowest BCUT2D eigenvalue weighted by atomic mass is 9.65. The number of para-hydroxylation sites is 1. The number of amides is 3. The minimum Gasteiger partial charge on any atom is -0.396 e. The van der Waals surface area contributed by atoms with Crippen LogP contribution in [0.15, 0.2) is 49.6 Å². The van der Waals surface area contributed by atoms with Gasteiger partial charge in [-0.25, -0.2) is 4.68 Å². The zero-order valence-electron chi connectivity index (χ0n) is 23.9. The zero-order chi connectivity index (χ0) is 29.3. The van der Waals surface area contributed by atoms with Crippen molar-refractivity contribution in [1.82, 2.24) is 29.7 Å². The van der Waals surface area contributed by atoms with Crippen LogP contribution in [0.25, 0.3) is 11.0 Å². The number of likely N-dealkylation sites (tertiary alicyclic amines) is 1. The van der Waals surface area contributed by atoms with Crippen molar-refractivity contribution in [3.63, 3.8) is 0 Å². The Morgan fingerprint density at radius 2 is 1.93 bits per heavy atom. The fraction of sp³-hybridized carbons (Fsp3) is 0.567. The van der Waals surface area contributed by atoms with Gasteiger partial charge in [0.25, 0.3) is 0 Å². The van der Waals surface area contributed by atoms with Crippen LogP contribution in [0.3, 0.4) is 0 Å². The third kappa shape index (κ3) is 4.76. The number of hydrogen-bond donors (Lipinski definition) is 1. The maximum Gasteiger partial charge on any atom is 0.248 e. The van der Waals surface area contributed by atoms with E-state index in [0.717, 1.165) is 23.9 Å². The van der Waals surface area contributed by atoms with E-state index in [1.807, 2.05) is 31.2 Å². The zero-order valence-corrected chi connectivity index (χ0v) is 24.7. The van der Waals surface area contributed by atoms with Gasteiger partial charge in [0.2, 0.25) is 17.7 Å². The van der Waals surface area contributed by atoms with Crippen LogP contribution in [0.5, 0.6) is 0 Å². The summed E-state index contributed by atoms with van der Waals surface area (Å²) in [5.41, 5.74) is 1.53. The van der Waals surface area contributed by atoms with Crippen LogP contribution >= 0.6 is 11.8 Å². The summed E-state index contributed by atoms with van der Waals surface area (Å²) in [6.45, 7) is 13.5. The van der Waals surface area contributed by atoms with Crippen LogP contribution in [0, 0.1) is 17.8 Å². The van der Waals surface area contributed by atoms with E-state index in [1.165, 1.54) is 0 Å². The minimum absolute atomic E-state index is 0.0244. The molecular weight excluding hydrogens is 540 g/mol. The highest BCUT2D eigenvalue weighted by molar-refractivity contribution is 8.02. The van der Waals surface area contributed by atoms with E-state index in [0.29, 0.717) is 19.5 Å². The van der Waals surface area contributed by atoms with Crippen molar-refractivity contribution < 1.29 is 19.5 Å². The molecule has 3 aliphatic rings. The summed E-state index contributed by atoms with van der Waals surface area (Å²) in [6.07, 6.45) is 5.33. The molecule has 3 fully saturated rings. The molecule has 3 aliphatic heterocycles. The van der Waals surface area contributed by atoms with Crippen LogP contribution < -0.4 is 0 Å². The molecule has 41 heavy (non-hydrogen) atoms. The number of fused-ring (bicyclic) bond motifs is 2. The van der Waals surface area contributed by atoms with Crippen molar-refractivity contribution in [2.24, 2.45) is 17.8 Å². The molecule has 10 nitrogen and oxygen atoms in total. The lowest BCUT2D eigenvalue weighted by Gasteiger charge is -2.41. The molecule has 220 valence electrons. The van der Waals surface area contributed by atoms with Gasteiger partial charge in [-0.15, -0.1) is 30.0 Å². The van der Waals surface area contributed by atoms with Crippen molar-refractivity contribution in [3.8, 4) is 0 Å². The number of carbonyl (C=O) groups is 3. The number of aliphatic hydroxyl groups is 1. The quantitative estimate of drug-likeness (QED) is 0.363. The highest BCUT2D eigenvalue weighted by Crippen LogP contribution is 2.68. The lowest BCUT2D eigenvalue weighted by molar-refractivity contribution is -0.145. The molecule has 5 rings (SSSR count). The average molecular weight is 581 g/mol. The van der Waals surface area contributed by atoms with Crippen LogP contribution in [0.1, 0.15) is 33.1 Å². The van der Waals surface area contributed by atoms with E-state index in [-0.39, 0.29) is 55.3 Å². The van der Waals surface area contributed by atoms with Gasteiger partial charge in [0, 0.05) is 38.0 Å². The van der Waals surface area contributed by atoms with E-state index >= 15 is 0 Å². The van der Waals surface area contributed by atoms with Gasteiger partial charge in [-0.1, -0.05) is 43.3 Å². The average Bonchev–Trinajstić information content (AvgIpc) is 3.68. The molecule has 2 aromatic rings. The first-order valence-electron chi connectivity index (χ1n) is 14.5. The number of aromatic nitrogens is 3. The largest absolute Gasteiger partial charge is 0.396 e. The van der Waals surface area contributed by atoms with E-state index in [4.69, 9.17) is 0 Å². The summed E-state index contributed by atoms with van der Waals surface area (Å²) in [4.78, 5) is 48.1. The molecule has 1 N–H and O–H groups in total. The molecule has 6 atom stereocenters.